The minimum absolute atomic E-state index is 0.0129. The highest BCUT2D eigenvalue weighted by atomic mass is 32.1. The third kappa shape index (κ3) is 41.8. The van der Waals surface area contributed by atoms with Gasteiger partial charge in [-0.05, 0) is 106 Å². The van der Waals surface area contributed by atoms with E-state index in [-0.39, 0.29) is 216 Å². The Morgan fingerprint density at radius 2 is 1.00 bits per heavy atom. The molecule has 0 radical (unpaired) electrons. The number of Topliss-reactive ketones (excluding diaryl/α,β-unsaturated/α-hetero) is 3. The maximum absolute atomic E-state index is 14.9. The van der Waals surface area contributed by atoms with E-state index in [0.717, 1.165) is 23.4 Å². The maximum Gasteiger partial charge on any atom is 0.285 e. The molecule has 0 unspecified atom stereocenters. The molecule has 0 saturated carbocycles. The van der Waals surface area contributed by atoms with E-state index in [1.165, 1.54) is 0 Å². The molecular formula is C103H170N10O24S. The molecule has 3 heterocycles. The zero-order valence-corrected chi connectivity index (χ0v) is 87.5. The van der Waals surface area contributed by atoms with Crippen molar-refractivity contribution in [1.29, 1.82) is 0 Å². The maximum atomic E-state index is 14.9. The van der Waals surface area contributed by atoms with Gasteiger partial charge in [0.05, 0.1) is 197 Å². The van der Waals surface area contributed by atoms with E-state index in [0.29, 0.717) is 142 Å². The summed E-state index contributed by atoms with van der Waals surface area (Å²) in [6.07, 6.45) is 6.16. The molecule has 35 heteroatoms. The minimum atomic E-state index is -0.913. The lowest BCUT2D eigenvalue weighted by atomic mass is 9.83. The minimum Gasteiger partial charge on any atom is -0.383 e. The van der Waals surface area contributed by atoms with Crippen molar-refractivity contribution in [3.05, 3.63) is 87.9 Å². The Kier molecular flexibility index (Phi) is 59.4. The predicted octanol–water partition coefficient (Wildman–Crippen LogP) is 10.3. The number of methoxy groups -OCH3 is 3. The Balaban J connectivity index is 0.954. The molecule has 34 nitrogen and oxygen atoms in total. The molecule has 5 rings (SSSR count). The van der Waals surface area contributed by atoms with Crippen molar-refractivity contribution >= 4 is 75.9 Å². The molecular weight excluding hydrogens is 1790 g/mol. The number of amides is 8. The van der Waals surface area contributed by atoms with Crippen LogP contribution in [0.1, 0.15) is 211 Å². The number of hydrogen-bond acceptors (Lipinski definition) is 28. The third-order valence-electron chi connectivity index (χ3n) is 26.4. The van der Waals surface area contributed by atoms with Gasteiger partial charge >= 0.3 is 0 Å². The van der Waals surface area contributed by atoms with E-state index in [2.05, 4.69) is 60.8 Å². The van der Waals surface area contributed by atoms with Crippen LogP contribution in [0.25, 0.3) is 0 Å². The van der Waals surface area contributed by atoms with Crippen molar-refractivity contribution < 1.29 is 114 Å². The van der Waals surface area contributed by atoms with Gasteiger partial charge in [0, 0.05) is 136 Å². The first-order valence-corrected chi connectivity index (χ1v) is 51.0. The Hall–Kier alpha value is -7.56. The van der Waals surface area contributed by atoms with Crippen LogP contribution in [0.15, 0.2) is 66.2 Å². The summed E-state index contributed by atoms with van der Waals surface area (Å²) in [5.41, 5.74) is 1.63. The van der Waals surface area contributed by atoms with Crippen molar-refractivity contribution in [3.8, 4) is 0 Å². The van der Waals surface area contributed by atoms with Crippen molar-refractivity contribution in [2.24, 2.45) is 53.3 Å². The number of likely N-dealkylation sites (N-methyl/N-ethyl adjacent to an activating group) is 4. The molecule has 1 aromatic heterocycles. The summed E-state index contributed by atoms with van der Waals surface area (Å²) in [6.45, 7) is 33.2. The molecule has 0 spiro atoms. The number of ether oxygens (including phenoxy) is 12. The molecule has 2 aliphatic heterocycles. The normalized spacial score (nSPS) is 16.3. The van der Waals surface area contributed by atoms with Gasteiger partial charge in [-0.3, -0.25) is 67.4 Å². The molecule has 14 atom stereocenters. The first kappa shape index (κ1) is 121. The quantitative estimate of drug-likeness (QED) is 0.0349. The zero-order chi connectivity index (χ0) is 102. The number of imide groups is 1. The van der Waals surface area contributed by atoms with Crippen LogP contribution in [0.5, 0.6) is 0 Å². The standard InChI is InChI=1S/C103H170N10O24S/c1-21-75(11)86(70-125-18)110(16)100(121)82(71(3)4)67-88(115)94(73(7)8)108(14)43-48-131-52-56-135-60-58-133-54-50-128-45-37-91(117)104-39-29-28-35-84(98(120)105-40-47-130-62-63-137-113-102(123)80-33-26-27-34-81(80)103(113)124)107-92(118)38-46-129-51-55-134-59-61-136-57-53-132-49-44-109(15)95(74(9)10)89(116)68-83(72(5)6)101(122)111(17)96(76(12)22-2)90(126-19)69-93(119)112-42-30-36-85(112)97(127-20)77(13)87(114)66-79(99-106-41-64-138-99)65-78-31-24-23-25-32-78/h23-27,31-34,41,64,71-77,79,82-86,90,94-97H,21-22,28-30,35-40,42-63,65-70H2,1-20H3,(H,104,117)(H,105,120)(H,107,118)/t75-,76-,77-,79+,82-,83-,84-,85-,86+,90+,94-,95-,96-,97+/m0/s1. The molecule has 2 aliphatic rings. The largest absolute Gasteiger partial charge is 0.383 e. The zero-order valence-electron chi connectivity index (χ0n) is 86.7. The van der Waals surface area contributed by atoms with Gasteiger partial charge in [-0.2, -0.15) is 0 Å². The van der Waals surface area contributed by atoms with E-state index >= 15 is 0 Å². The number of unbranched alkanes of at least 4 members (excludes halogenated alkanes) is 1. The molecule has 782 valence electrons. The van der Waals surface area contributed by atoms with E-state index in [1.54, 1.807) is 80.0 Å². The lowest BCUT2D eigenvalue weighted by molar-refractivity contribution is -0.149. The molecule has 8 amide bonds. The molecule has 138 heavy (non-hydrogen) atoms. The Labute approximate surface area is 826 Å². The second-order valence-electron chi connectivity index (χ2n) is 37.8. The van der Waals surface area contributed by atoms with Gasteiger partial charge in [-0.25, -0.2) is 4.98 Å². The van der Waals surface area contributed by atoms with Crippen LogP contribution in [0.3, 0.4) is 0 Å². The first-order valence-electron chi connectivity index (χ1n) is 50.1. The van der Waals surface area contributed by atoms with Gasteiger partial charge in [-0.1, -0.05) is 145 Å². The van der Waals surface area contributed by atoms with E-state index in [1.807, 2.05) is 122 Å². The molecule has 3 aromatic rings. The fourth-order valence-electron chi connectivity index (χ4n) is 18.1. The first-order chi connectivity index (χ1) is 66.2. The number of ketones is 3. The lowest BCUT2D eigenvalue weighted by Gasteiger charge is -2.41. The molecule has 1 fully saturated rings. The number of aromatic nitrogens is 1. The Morgan fingerprint density at radius 3 is 1.48 bits per heavy atom. The highest BCUT2D eigenvalue weighted by Gasteiger charge is 2.45. The Bertz CT molecular complexity index is 3970. The SMILES string of the molecule is CC[C@H](C)[C@@H]([C@@H](CC(=O)N1CCC[C@H]1[C@H](OC)[C@@H](C)C(=O)C[C@@H](Cc1ccccc1)c1nccs1)OC)N(C)C(=O)[C@@H](CC(=O)[C@H](C(C)C)N(C)CCOCCOCCOCCOCCC(=O)N[C@@H](CCCCNC(=O)CCOCCOCCOCCOCCN(C)[C@H](C(=O)C[C@H](C(=O)N(C)[C@H](COC)[C@@H](C)CC)C(C)C)C(C)C)C(=O)NCCOCCON1C(=O)c2ccccc2C1=O)C(C)C. The average Bonchev–Trinajstić information content (AvgIpc) is 1.02. The van der Waals surface area contributed by atoms with Gasteiger partial charge in [0.25, 0.3) is 11.8 Å². The highest BCUT2D eigenvalue weighted by molar-refractivity contribution is 7.09. The number of likely N-dealkylation sites (tertiary alicyclic amines) is 1. The van der Waals surface area contributed by atoms with Crippen LogP contribution in [0.2, 0.25) is 0 Å². The van der Waals surface area contributed by atoms with Crippen LogP contribution in [-0.2, 0) is 111 Å². The molecule has 0 aliphatic carbocycles. The summed E-state index contributed by atoms with van der Waals surface area (Å²) in [5.74, 6) is -4.19. The number of rotatable bonds is 79. The topological polar surface area (TPSA) is 376 Å². The van der Waals surface area contributed by atoms with Crippen molar-refractivity contribution in [1.82, 2.24) is 50.5 Å². The number of hydroxylamine groups is 2. The van der Waals surface area contributed by atoms with Gasteiger partial charge in [0.15, 0.2) is 11.6 Å². The van der Waals surface area contributed by atoms with Crippen LogP contribution < -0.4 is 16.0 Å². The summed E-state index contributed by atoms with van der Waals surface area (Å²) in [5, 5.41) is 12.1. The lowest BCUT2D eigenvalue weighted by Crippen LogP contribution is -2.54. The molecule has 3 N–H and O–H groups in total. The molecule has 0 bridgehead atoms. The molecule has 1 saturated heterocycles. The number of nitrogens with one attached hydrogen (secondary N) is 3. The smallest absolute Gasteiger partial charge is 0.285 e. The number of fused-ring (bicyclic) bond motifs is 1. The number of hydrogen-bond donors (Lipinski definition) is 3. The second-order valence-corrected chi connectivity index (χ2v) is 38.7. The van der Waals surface area contributed by atoms with Gasteiger partial charge in [-0.15, -0.1) is 16.4 Å². The summed E-state index contributed by atoms with van der Waals surface area (Å²) in [4.78, 5) is 170. The highest BCUT2D eigenvalue weighted by Crippen LogP contribution is 2.35. The van der Waals surface area contributed by atoms with Crippen molar-refractivity contribution in [3.63, 3.8) is 0 Å². The van der Waals surface area contributed by atoms with Gasteiger partial charge < -0.3 is 87.5 Å². The fraction of sp³-hybridized carbons (Fsp3) is 0.748. The van der Waals surface area contributed by atoms with E-state index < -0.39 is 71.7 Å². The number of nitrogens with zero attached hydrogens (tertiary/aromatic N) is 7. The summed E-state index contributed by atoms with van der Waals surface area (Å²) in [7, 11) is 12.2. The predicted molar refractivity (Wildman–Crippen MR) is 528 cm³/mol. The third-order valence-corrected chi connectivity index (χ3v) is 27.3. The van der Waals surface area contributed by atoms with Crippen molar-refractivity contribution in [2.45, 2.75) is 234 Å². The van der Waals surface area contributed by atoms with Gasteiger partial charge in [0.1, 0.15) is 11.8 Å². The van der Waals surface area contributed by atoms with Crippen molar-refractivity contribution in [2.75, 3.05) is 214 Å². The van der Waals surface area contributed by atoms with Crippen LogP contribution >= 0.6 is 11.3 Å². The second kappa shape index (κ2) is 67.8. The Morgan fingerprint density at radius 1 is 0.514 bits per heavy atom. The summed E-state index contributed by atoms with van der Waals surface area (Å²) in [6, 6.07) is 13.9. The summed E-state index contributed by atoms with van der Waals surface area (Å²) >= 11 is 1.55. The van der Waals surface area contributed by atoms with E-state index in [9.17, 15) is 52.7 Å². The van der Waals surface area contributed by atoms with Crippen LogP contribution in [0.4, 0.5) is 0 Å². The van der Waals surface area contributed by atoms with Crippen LogP contribution in [-0.4, -0.2) is 362 Å². The number of benzene rings is 2. The number of thiazole rings is 1. The molecule has 2 aromatic carbocycles. The fourth-order valence-corrected chi connectivity index (χ4v) is 18.8. The monoisotopic (exact) mass is 1960 g/mol. The van der Waals surface area contributed by atoms with Gasteiger partial charge in [0.2, 0.25) is 35.4 Å². The van der Waals surface area contributed by atoms with E-state index in [4.69, 9.17) is 61.7 Å². The number of carbonyl (C=O) groups is 11. The average molecular weight is 1960 g/mol. The number of carbonyl (C=O) groups excluding carboxylic acids is 11. The van der Waals surface area contributed by atoms with Crippen LogP contribution in [0, 0.1) is 53.3 Å². The summed E-state index contributed by atoms with van der Waals surface area (Å²) < 4.78 is 69.4.